The lowest BCUT2D eigenvalue weighted by Gasteiger charge is -2.34. The Hall–Kier alpha value is -3.20. The number of H-pyrrole nitrogens is 1. The number of hydrogen-bond donors (Lipinski definition) is 2. The summed E-state index contributed by atoms with van der Waals surface area (Å²) in [6.45, 7) is 7.30. The van der Waals surface area contributed by atoms with E-state index in [1.807, 2.05) is 47.4 Å². The fourth-order valence-corrected chi connectivity index (χ4v) is 4.58. The van der Waals surface area contributed by atoms with Crippen molar-refractivity contribution in [3.05, 3.63) is 65.9 Å². The predicted octanol–water partition coefficient (Wildman–Crippen LogP) is 2.40. The van der Waals surface area contributed by atoms with Crippen LogP contribution in [0.3, 0.4) is 0 Å². The summed E-state index contributed by atoms with van der Waals surface area (Å²) in [7, 11) is 0. The molecule has 3 heterocycles. The van der Waals surface area contributed by atoms with Crippen molar-refractivity contribution in [3.8, 4) is 0 Å². The second kappa shape index (κ2) is 10.4. The Labute approximate surface area is 199 Å². The molecule has 1 aromatic heterocycles. The van der Waals surface area contributed by atoms with E-state index < -0.39 is 0 Å². The van der Waals surface area contributed by atoms with Crippen LogP contribution in [0.25, 0.3) is 10.9 Å². The van der Waals surface area contributed by atoms with Crippen LogP contribution < -0.4 is 5.32 Å². The number of morpholine rings is 1. The Morgan fingerprint density at radius 1 is 0.882 bits per heavy atom. The molecule has 2 saturated heterocycles. The van der Waals surface area contributed by atoms with Gasteiger partial charge >= 0.3 is 0 Å². The first-order chi connectivity index (χ1) is 16.6. The Kier molecular flexibility index (Phi) is 6.89. The first kappa shape index (κ1) is 22.6. The van der Waals surface area contributed by atoms with Crippen molar-refractivity contribution < 1.29 is 14.3 Å². The quantitative estimate of drug-likeness (QED) is 0.589. The lowest BCUT2D eigenvalue weighted by Crippen LogP contribution is -2.50. The van der Waals surface area contributed by atoms with Gasteiger partial charge in [-0.25, -0.2) is 0 Å². The summed E-state index contributed by atoms with van der Waals surface area (Å²) in [5, 5.41) is 4.03. The number of carbonyl (C=O) groups is 2. The lowest BCUT2D eigenvalue weighted by molar-refractivity contribution is -0.117. The highest BCUT2D eigenvalue weighted by Gasteiger charge is 2.24. The molecule has 2 aliphatic heterocycles. The lowest BCUT2D eigenvalue weighted by atomic mass is 10.2. The summed E-state index contributed by atoms with van der Waals surface area (Å²) in [5.41, 5.74) is 3.62. The molecule has 0 radical (unpaired) electrons. The first-order valence-electron chi connectivity index (χ1n) is 11.9. The Morgan fingerprint density at radius 3 is 2.35 bits per heavy atom. The van der Waals surface area contributed by atoms with Gasteiger partial charge in [0.15, 0.2) is 0 Å². The zero-order chi connectivity index (χ0) is 23.3. The molecule has 178 valence electrons. The minimum atomic E-state index is -0.0312. The van der Waals surface area contributed by atoms with Crippen molar-refractivity contribution in [2.24, 2.45) is 0 Å². The van der Waals surface area contributed by atoms with Crippen LogP contribution >= 0.6 is 0 Å². The summed E-state index contributed by atoms with van der Waals surface area (Å²) >= 11 is 0. The Bertz CT molecular complexity index is 1100. The number of nitrogens with one attached hydrogen (secondary N) is 2. The third kappa shape index (κ3) is 5.47. The van der Waals surface area contributed by atoms with Gasteiger partial charge in [-0.2, -0.15) is 0 Å². The van der Waals surface area contributed by atoms with E-state index in [0.29, 0.717) is 38.4 Å². The summed E-state index contributed by atoms with van der Waals surface area (Å²) in [4.78, 5) is 35.0. The van der Waals surface area contributed by atoms with Crippen molar-refractivity contribution in [3.63, 3.8) is 0 Å². The van der Waals surface area contributed by atoms with Gasteiger partial charge in [-0.3, -0.25) is 19.4 Å². The number of ether oxygens (including phenoxy) is 1. The molecule has 34 heavy (non-hydrogen) atoms. The number of para-hydroxylation sites is 1. The van der Waals surface area contributed by atoms with Crippen LogP contribution in [-0.2, 0) is 16.1 Å². The summed E-state index contributed by atoms with van der Waals surface area (Å²) in [5.74, 6) is -0.0196. The molecule has 8 nitrogen and oxygen atoms in total. The Morgan fingerprint density at radius 2 is 1.62 bits per heavy atom. The fraction of sp³-hybridized carbons (Fsp3) is 0.385. The van der Waals surface area contributed by atoms with E-state index in [1.165, 1.54) is 5.56 Å². The van der Waals surface area contributed by atoms with Gasteiger partial charge in [-0.05, 0) is 29.8 Å². The number of aromatic amines is 1. The van der Waals surface area contributed by atoms with Gasteiger partial charge in [0.2, 0.25) is 5.91 Å². The minimum absolute atomic E-state index is 0.0115. The maximum Gasteiger partial charge on any atom is 0.270 e. The zero-order valence-corrected chi connectivity index (χ0v) is 19.3. The molecular weight excluding hydrogens is 430 g/mol. The number of aromatic nitrogens is 1. The van der Waals surface area contributed by atoms with Gasteiger partial charge in [0, 0.05) is 62.4 Å². The van der Waals surface area contributed by atoms with Gasteiger partial charge in [0.05, 0.1) is 19.8 Å². The number of fused-ring (bicyclic) bond motifs is 1. The van der Waals surface area contributed by atoms with E-state index in [1.54, 1.807) is 0 Å². The molecule has 0 atom stereocenters. The molecule has 0 bridgehead atoms. The maximum absolute atomic E-state index is 12.9. The molecule has 2 N–H and O–H groups in total. The van der Waals surface area contributed by atoms with E-state index in [2.05, 4.69) is 32.2 Å². The molecule has 5 rings (SSSR count). The molecule has 2 aromatic carbocycles. The molecular formula is C26H31N5O3. The molecule has 0 aliphatic carbocycles. The van der Waals surface area contributed by atoms with Crippen molar-refractivity contribution in [1.82, 2.24) is 19.7 Å². The number of hydrogen-bond acceptors (Lipinski definition) is 5. The highest BCUT2D eigenvalue weighted by atomic mass is 16.5. The Balaban J connectivity index is 1.07. The third-order valence-corrected chi connectivity index (χ3v) is 6.53. The van der Waals surface area contributed by atoms with Crippen molar-refractivity contribution in [2.75, 3.05) is 64.3 Å². The van der Waals surface area contributed by atoms with Crippen LogP contribution in [0.1, 0.15) is 16.1 Å². The molecule has 2 aliphatic rings. The van der Waals surface area contributed by atoms with Gasteiger partial charge in [0.25, 0.3) is 5.91 Å². The second-order valence-corrected chi connectivity index (χ2v) is 8.97. The average molecular weight is 462 g/mol. The van der Waals surface area contributed by atoms with Crippen LogP contribution in [0.5, 0.6) is 0 Å². The van der Waals surface area contributed by atoms with E-state index in [9.17, 15) is 9.59 Å². The smallest absolute Gasteiger partial charge is 0.270 e. The normalized spacial score (nSPS) is 17.7. The average Bonchev–Trinajstić information content (AvgIpc) is 3.30. The maximum atomic E-state index is 12.9. The third-order valence-electron chi connectivity index (χ3n) is 6.53. The van der Waals surface area contributed by atoms with Crippen LogP contribution in [0.2, 0.25) is 0 Å². The molecule has 0 spiro atoms. The number of piperazine rings is 1. The van der Waals surface area contributed by atoms with Crippen molar-refractivity contribution in [2.45, 2.75) is 6.54 Å². The van der Waals surface area contributed by atoms with Crippen LogP contribution in [-0.4, -0.2) is 90.5 Å². The van der Waals surface area contributed by atoms with Crippen LogP contribution in [0.15, 0.2) is 54.6 Å². The van der Waals surface area contributed by atoms with Gasteiger partial charge < -0.3 is 19.9 Å². The second-order valence-electron chi connectivity index (χ2n) is 8.97. The van der Waals surface area contributed by atoms with E-state index in [4.69, 9.17) is 4.74 Å². The standard InChI is InChI=1S/C26H31N5O3/c32-25(27-22-7-5-20(6-8-22)18-30-13-15-34-16-14-30)19-29-9-11-31(12-10-29)26(33)24-17-21-3-1-2-4-23(21)28-24/h1-8,17,28H,9-16,18-19H2,(H,27,32). The first-order valence-corrected chi connectivity index (χ1v) is 11.9. The van der Waals surface area contributed by atoms with Gasteiger partial charge in [-0.15, -0.1) is 0 Å². The zero-order valence-electron chi connectivity index (χ0n) is 19.3. The number of benzene rings is 2. The van der Waals surface area contributed by atoms with Crippen LogP contribution in [0, 0.1) is 0 Å². The summed E-state index contributed by atoms with van der Waals surface area (Å²) in [6.07, 6.45) is 0. The monoisotopic (exact) mass is 461 g/mol. The summed E-state index contributed by atoms with van der Waals surface area (Å²) in [6, 6.07) is 17.9. The van der Waals surface area contributed by atoms with E-state index in [-0.39, 0.29) is 11.8 Å². The fourth-order valence-electron chi connectivity index (χ4n) is 4.58. The summed E-state index contributed by atoms with van der Waals surface area (Å²) < 4.78 is 5.40. The molecule has 0 unspecified atom stereocenters. The minimum Gasteiger partial charge on any atom is -0.379 e. The van der Waals surface area contributed by atoms with E-state index >= 15 is 0 Å². The topological polar surface area (TPSA) is 80.9 Å². The predicted molar refractivity (Wildman–Crippen MR) is 132 cm³/mol. The SMILES string of the molecule is O=C(CN1CCN(C(=O)c2cc3ccccc3[nH]2)CC1)Nc1ccc(CN2CCOCC2)cc1. The molecule has 8 heteroatoms. The van der Waals surface area contributed by atoms with Gasteiger partial charge in [0.1, 0.15) is 5.69 Å². The number of carbonyl (C=O) groups excluding carboxylic acids is 2. The highest BCUT2D eigenvalue weighted by molar-refractivity contribution is 5.98. The number of nitrogens with zero attached hydrogens (tertiary/aromatic N) is 3. The van der Waals surface area contributed by atoms with Crippen molar-refractivity contribution >= 4 is 28.4 Å². The number of rotatable bonds is 6. The molecule has 2 amide bonds. The number of amides is 2. The number of anilines is 1. The van der Waals surface area contributed by atoms with E-state index in [0.717, 1.165) is 49.4 Å². The van der Waals surface area contributed by atoms with Crippen LogP contribution in [0.4, 0.5) is 5.69 Å². The molecule has 3 aromatic rings. The largest absolute Gasteiger partial charge is 0.379 e. The van der Waals surface area contributed by atoms with Crippen molar-refractivity contribution in [1.29, 1.82) is 0 Å². The molecule has 0 saturated carbocycles. The molecule has 2 fully saturated rings. The van der Waals surface area contributed by atoms with Gasteiger partial charge in [-0.1, -0.05) is 30.3 Å². The highest BCUT2D eigenvalue weighted by Crippen LogP contribution is 2.17.